The number of ether oxygens (including phenoxy) is 1. The fourth-order valence-corrected chi connectivity index (χ4v) is 1.49. The number of rotatable bonds is 8. The summed E-state index contributed by atoms with van der Waals surface area (Å²) in [6.07, 6.45) is 3.30. The van der Waals surface area contributed by atoms with Crippen LogP contribution in [0.15, 0.2) is 18.5 Å². The van der Waals surface area contributed by atoms with E-state index in [9.17, 15) is 5.11 Å². The second kappa shape index (κ2) is 7.38. The lowest BCUT2D eigenvalue weighted by Crippen LogP contribution is -2.35. The summed E-state index contributed by atoms with van der Waals surface area (Å²) >= 11 is 0. The highest BCUT2D eigenvalue weighted by molar-refractivity contribution is 4.78. The van der Waals surface area contributed by atoms with E-state index in [2.05, 4.69) is 10.4 Å². The summed E-state index contributed by atoms with van der Waals surface area (Å²) in [5.41, 5.74) is 0. The van der Waals surface area contributed by atoms with Gasteiger partial charge in [-0.15, -0.1) is 0 Å². The summed E-state index contributed by atoms with van der Waals surface area (Å²) in [6.45, 7) is 6.53. The summed E-state index contributed by atoms with van der Waals surface area (Å²) in [5, 5.41) is 16.9. The molecule has 0 spiro atoms. The van der Waals surface area contributed by atoms with E-state index in [1.807, 2.05) is 26.1 Å². The van der Waals surface area contributed by atoms with Crippen molar-refractivity contribution in [1.29, 1.82) is 0 Å². The summed E-state index contributed by atoms with van der Waals surface area (Å²) in [6, 6.07) is 1.84. The second-order valence-electron chi connectivity index (χ2n) is 3.81. The van der Waals surface area contributed by atoms with Crippen molar-refractivity contribution in [2.45, 2.75) is 32.6 Å². The molecule has 1 heterocycles. The van der Waals surface area contributed by atoms with Crippen LogP contribution in [0.25, 0.3) is 0 Å². The highest BCUT2D eigenvalue weighted by Gasteiger charge is 2.06. The predicted octanol–water partition coefficient (Wildman–Crippen LogP) is 0.259. The topological polar surface area (TPSA) is 59.3 Å². The van der Waals surface area contributed by atoms with Gasteiger partial charge in [0.1, 0.15) is 0 Å². The molecule has 0 aromatic carbocycles. The van der Waals surface area contributed by atoms with Crippen LogP contribution in [0.1, 0.15) is 13.8 Å². The van der Waals surface area contributed by atoms with E-state index in [-0.39, 0.29) is 6.10 Å². The Hall–Kier alpha value is -0.910. The minimum atomic E-state index is -0.422. The van der Waals surface area contributed by atoms with Gasteiger partial charge >= 0.3 is 0 Å². The van der Waals surface area contributed by atoms with Crippen molar-refractivity contribution in [2.75, 3.05) is 19.7 Å². The maximum atomic E-state index is 9.70. The third-order valence-electron chi connectivity index (χ3n) is 2.22. The van der Waals surface area contributed by atoms with E-state index in [4.69, 9.17) is 4.74 Å². The van der Waals surface area contributed by atoms with E-state index >= 15 is 0 Å². The molecule has 0 radical (unpaired) electrons. The van der Waals surface area contributed by atoms with Crippen LogP contribution in [0.3, 0.4) is 0 Å². The van der Waals surface area contributed by atoms with Crippen molar-refractivity contribution in [2.24, 2.45) is 0 Å². The normalized spacial score (nSPS) is 14.9. The van der Waals surface area contributed by atoms with Gasteiger partial charge in [-0.1, -0.05) is 0 Å². The van der Waals surface area contributed by atoms with Crippen LogP contribution in [-0.4, -0.2) is 46.8 Å². The molecule has 0 fully saturated rings. The molecule has 0 saturated heterocycles. The van der Waals surface area contributed by atoms with E-state index < -0.39 is 6.10 Å². The number of aliphatic hydroxyl groups excluding tert-OH is 1. The van der Waals surface area contributed by atoms with Crippen molar-refractivity contribution in [3.05, 3.63) is 18.5 Å². The lowest BCUT2D eigenvalue weighted by atomic mass is 10.3. The molecular formula is C11H21N3O2. The first-order valence-electron chi connectivity index (χ1n) is 5.70. The Kier molecular flexibility index (Phi) is 6.07. The van der Waals surface area contributed by atoms with Crippen LogP contribution in [0.2, 0.25) is 0 Å². The van der Waals surface area contributed by atoms with Gasteiger partial charge in [-0.05, 0) is 19.9 Å². The number of hydrogen-bond acceptors (Lipinski definition) is 4. The Morgan fingerprint density at radius 3 is 2.94 bits per heavy atom. The quantitative estimate of drug-likeness (QED) is 0.669. The van der Waals surface area contributed by atoms with E-state index in [1.165, 1.54) is 0 Å². The molecule has 0 amide bonds. The first-order chi connectivity index (χ1) is 7.72. The third-order valence-corrected chi connectivity index (χ3v) is 2.22. The molecule has 1 rings (SSSR count). The lowest BCUT2D eigenvalue weighted by Gasteiger charge is -2.15. The SMILES string of the molecule is CCOC(C)CNCC(O)Cn1cccn1. The molecule has 92 valence electrons. The maximum Gasteiger partial charge on any atom is 0.0860 e. The number of aromatic nitrogens is 2. The molecule has 1 aromatic heterocycles. The number of hydrogen-bond donors (Lipinski definition) is 2. The van der Waals surface area contributed by atoms with Gasteiger partial charge in [0.15, 0.2) is 0 Å². The minimum absolute atomic E-state index is 0.182. The molecule has 0 aliphatic carbocycles. The zero-order valence-electron chi connectivity index (χ0n) is 9.97. The molecular weight excluding hydrogens is 206 g/mol. The van der Waals surface area contributed by atoms with Crippen LogP contribution in [0.4, 0.5) is 0 Å². The van der Waals surface area contributed by atoms with Gasteiger partial charge in [0, 0.05) is 32.1 Å². The van der Waals surface area contributed by atoms with Gasteiger partial charge in [0.2, 0.25) is 0 Å². The fraction of sp³-hybridized carbons (Fsp3) is 0.727. The van der Waals surface area contributed by atoms with Crippen molar-refractivity contribution in [1.82, 2.24) is 15.1 Å². The van der Waals surface area contributed by atoms with Crippen molar-refractivity contribution in [3.63, 3.8) is 0 Å². The number of nitrogens with one attached hydrogen (secondary N) is 1. The summed E-state index contributed by atoms with van der Waals surface area (Å²) in [5.74, 6) is 0. The Bertz CT molecular complexity index is 264. The van der Waals surface area contributed by atoms with Crippen LogP contribution >= 0.6 is 0 Å². The number of aliphatic hydroxyl groups is 1. The van der Waals surface area contributed by atoms with Crippen LogP contribution in [0, 0.1) is 0 Å². The molecule has 2 unspecified atom stereocenters. The van der Waals surface area contributed by atoms with Gasteiger partial charge < -0.3 is 15.2 Å². The minimum Gasteiger partial charge on any atom is -0.390 e. The molecule has 2 atom stereocenters. The Morgan fingerprint density at radius 1 is 1.50 bits per heavy atom. The fourth-order valence-electron chi connectivity index (χ4n) is 1.49. The molecule has 5 heteroatoms. The van der Waals surface area contributed by atoms with Gasteiger partial charge in [-0.25, -0.2) is 0 Å². The average molecular weight is 227 g/mol. The van der Waals surface area contributed by atoms with E-state index in [0.717, 1.165) is 13.2 Å². The molecule has 0 saturated carbocycles. The molecule has 0 bridgehead atoms. The Labute approximate surface area is 96.4 Å². The second-order valence-corrected chi connectivity index (χ2v) is 3.81. The average Bonchev–Trinajstić information content (AvgIpc) is 2.70. The zero-order valence-corrected chi connectivity index (χ0v) is 9.97. The molecule has 2 N–H and O–H groups in total. The standard InChI is InChI=1S/C11H21N3O2/c1-3-16-10(2)7-12-8-11(15)9-14-6-4-5-13-14/h4-6,10-12,15H,3,7-9H2,1-2H3. The summed E-state index contributed by atoms with van der Waals surface area (Å²) in [4.78, 5) is 0. The highest BCUT2D eigenvalue weighted by Crippen LogP contribution is 1.91. The largest absolute Gasteiger partial charge is 0.390 e. The number of nitrogens with zero attached hydrogens (tertiary/aromatic N) is 2. The van der Waals surface area contributed by atoms with E-state index in [1.54, 1.807) is 10.9 Å². The van der Waals surface area contributed by atoms with E-state index in [0.29, 0.717) is 13.1 Å². The first kappa shape index (κ1) is 13.2. The van der Waals surface area contributed by atoms with Gasteiger partial charge in [-0.2, -0.15) is 5.10 Å². The van der Waals surface area contributed by atoms with Gasteiger partial charge in [-0.3, -0.25) is 4.68 Å². The Morgan fingerprint density at radius 2 is 2.31 bits per heavy atom. The monoisotopic (exact) mass is 227 g/mol. The Balaban J connectivity index is 2.08. The summed E-state index contributed by atoms with van der Waals surface area (Å²) < 4.78 is 7.09. The smallest absolute Gasteiger partial charge is 0.0860 e. The molecule has 5 nitrogen and oxygen atoms in total. The van der Waals surface area contributed by atoms with Crippen molar-refractivity contribution >= 4 is 0 Å². The molecule has 0 aliphatic rings. The predicted molar refractivity (Wildman–Crippen MR) is 62.2 cm³/mol. The molecule has 1 aromatic rings. The first-order valence-corrected chi connectivity index (χ1v) is 5.70. The van der Waals surface area contributed by atoms with Crippen molar-refractivity contribution < 1.29 is 9.84 Å². The molecule has 16 heavy (non-hydrogen) atoms. The third kappa shape index (κ3) is 5.25. The summed E-state index contributed by atoms with van der Waals surface area (Å²) in [7, 11) is 0. The van der Waals surface area contributed by atoms with Crippen molar-refractivity contribution in [3.8, 4) is 0 Å². The maximum absolute atomic E-state index is 9.70. The van der Waals surface area contributed by atoms with Crippen LogP contribution < -0.4 is 5.32 Å². The van der Waals surface area contributed by atoms with Crippen LogP contribution in [0.5, 0.6) is 0 Å². The zero-order chi connectivity index (χ0) is 11.8. The molecule has 0 aliphatic heterocycles. The van der Waals surface area contributed by atoms with Gasteiger partial charge in [0.05, 0.1) is 18.8 Å². The van der Waals surface area contributed by atoms with Gasteiger partial charge in [0.25, 0.3) is 0 Å². The lowest BCUT2D eigenvalue weighted by molar-refractivity contribution is 0.0711. The highest BCUT2D eigenvalue weighted by atomic mass is 16.5. The van der Waals surface area contributed by atoms with Crippen LogP contribution in [-0.2, 0) is 11.3 Å².